The third-order valence-corrected chi connectivity index (χ3v) is 4.81. The van der Waals surface area contributed by atoms with Gasteiger partial charge in [-0.3, -0.25) is 9.69 Å². The predicted molar refractivity (Wildman–Crippen MR) is 86.7 cm³/mol. The summed E-state index contributed by atoms with van der Waals surface area (Å²) in [4.78, 5) is 16.7. The van der Waals surface area contributed by atoms with Gasteiger partial charge in [-0.25, -0.2) is 0 Å². The van der Waals surface area contributed by atoms with E-state index in [1.807, 2.05) is 11.9 Å². The number of fused-ring (bicyclic) bond motifs is 1. The average molecular weight is 310 g/mol. The van der Waals surface area contributed by atoms with Crippen molar-refractivity contribution in [1.82, 2.24) is 9.80 Å². The van der Waals surface area contributed by atoms with Crippen LogP contribution in [0.5, 0.6) is 0 Å². The number of carbonyl (C=O) groups excluding carboxylic acids is 1. The Morgan fingerprint density at radius 1 is 1.50 bits per heavy atom. The van der Waals surface area contributed by atoms with E-state index in [0.29, 0.717) is 38.3 Å². The predicted octanol–water partition coefficient (Wildman–Crippen LogP) is 1.54. The van der Waals surface area contributed by atoms with Gasteiger partial charge in [0.05, 0.1) is 31.9 Å². The molecular formula is C17H30N2O3. The first-order valence-corrected chi connectivity index (χ1v) is 8.32. The van der Waals surface area contributed by atoms with Gasteiger partial charge in [-0.2, -0.15) is 0 Å². The van der Waals surface area contributed by atoms with E-state index in [4.69, 9.17) is 9.47 Å². The molecule has 0 N–H and O–H groups in total. The molecular weight excluding hydrogens is 280 g/mol. The summed E-state index contributed by atoms with van der Waals surface area (Å²) in [5.74, 6) is 0.702. The number of hydrogen-bond acceptors (Lipinski definition) is 4. The van der Waals surface area contributed by atoms with Crippen LogP contribution < -0.4 is 0 Å². The molecule has 1 aliphatic carbocycles. The highest BCUT2D eigenvalue weighted by Gasteiger charge is 2.42. The van der Waals surface area contributed by atoms with Crippen molar-refractivity contribution in [1.29, 1.82) is 0 Å². The number of hydrogen-bond donors (Lipinski definition) is 0. The highest BCUT2D eigenvalue weighted by atomic mass is 16.5. The zero-order chi connectivity index (χ0) is 16.1. The van der Waals surface area contributed by atoms with Crippen LogP contribution in [-0.4, -0.2) is 73.9 Å². The van der Waals surface area contributed by atoms with E-state index in [0.717, 1.165) is 19.4 Å². The highest BCUT2D eigenvalue weighted by molar-refractivity contribution is 5.78. The Hall–Kier alpha value is -0.910. The van der Waals surface area contributed by atoms with Crippen LogP contribution in [0.1, 0.15) is 26.7 Å². The summed E-state index contributed by atoms with van der Waals surface area (Å²) in [6, 6.07) is 0.601. The molecule has 2 fully saturated rings. The number of carbonyl (C=O) groups is 1. The standard InChI is InChI=1S/C17H30N2O3/c1-5-7-21-12-14-9-15-16(10-14)22-8-6-19(15)17(20)11-18(4)13(2)3/h5,13-16H,1,6-12H2,2-4H3. The summed E-state index contributed by atoms with van der Waals surface area (Å²) >= 11 is 0. The Morgan fingerprint density at radius 2 is 2.27 bits per heavy atom. The maximum Gasteiger partial charge on any atom is 0.237 e. The minimum absolute atomic E-state index is 0.180. The van der Waals surface area contributed by atoms with Crippen LogP contribution in [0.2, 0.25) is 0 Å². The van der Waals surface area contributed by atoms with Gasteiger partial charge in [0.25, 0.3) is 0 Å². The fourth-order valence-corrected chi connectivity index (χ4v) is 3.30. The van der Waals surface area contributed by atoms with Crippen LogP contribution in [0, 0.1) is 5.92 Å². The molecule has 0 bridgehead atoms. The minimum Gasteiger partial charge on any atom is -0.377 e. The van der Waals surface area contributed by atoms with Crippen LogP contribution in [0.25, 0.3) is 0 Å². The molecule has 126 valence electrons. The molecule has 5 heteroatoms. The van der Waals surface area contributed by atoms with Gasteiger partial charge in [0.2, 0.25) is 5.91 Å². The molecule has 1 aliphatic heterocycles. The second-order valence-corrected chi connectivity index (χ2v) is 6.74. The Morgan fingerprint density at radius 3 is 2.95 bits per heavy atom. The number of amides is 1. The van der Waals surface area contributed by atoms with Gasteiger partial charge < -0.3 is 14.4 Å². The molecule has 1 saturated carbocycles. The Labute approximate surface area is 134 Å². The lowest BCUT2D eigenvalue weighted by atomic mass is 10.1. The molecule has 1 amide bonds. The first-order valence-electron chi connectivity index (χ1n) is 8.32. The van der Waals surface area contributed by atoms with Crippen molar-refractivity contribution in [2.75, 3.05) is 40.0 Å². The van der Waals surface area contributed by atoms with Crippen molar-refractivity contribution in [3.8, 4) is 0 Å². The molecule has 5 nitrogen and oxygen atoms in total. The summed E-state index contributed by atoms with van der Waals surface area (Å²) in [6.45, 7) is 11.1. The highest BCUT2D eigenvalue weighted by Crippen LogP contribution is 2.34. The second kappa shape index (κ2) is 8.09. The van der Waals surface area contributed by atoms with Gasteiger partial charge in [-0.1, -0.05) is 6.08 Å². The van der Waals surface area contributed by atoms with Crippen LogP contribution in [-0.2, 0) is 14.3 Å². The topological polar surface area (TPSA) is 42.0 Å². The molecule has 22 heavy (non-hydrogen) atoms. The number of ether oxygens (including phenoxy) is 2. The Kier molecular flexibility index (Phi) is 6.41. The van der Waals surface area contributed by atoms with Gasteiger partial charge >= 0.3 is 0 Å². The SMILES string of the molecule is C=CCOCC1CC2OCCN(C(=O)CN(C)C(C)C)C2C1. The van der Waals surface area contributed by atoms with Crippen LogP contribution >= 0.6 is 0 Å². The molecule has 2 rings (SSSR count). The third-order valence-electron chi connectivity index (χ3n) is 4.81. The van der Waals surface area contributed by atoms with Gasteiger partial charge in [-0.05, 0) is 39.7 Å². The van der Waals surface area contributed by atoms with Gasteiger partial charge in [0, 0.05) is 19.2 Å². The number of likely N-dealkylation sites (N-methyl/N-ethyl adjacent to an activating group) is 1. The molecule has 2 aliphatic rings. The molecule has 3 unspecified atom stereocenters. The normalized spacial score (nSPS) is 28.2. The summed E-state index contributed by atoms with van der Waals surface area (Å²) in [6.07, 6.45) is 3.93. The quantitative estimate of drug-likeness (QED) is 0.528. The van der Waals surface area contributed by atoms with Crippen LogP contribution in [0.3, 0.4) is 0 Å². The van der Waals surface area contributed by atoms with E-state index in [1.165, 1.54) is 0 Å². The van der Waals surface area contributed by atoms with Crippen molar-refractivity contribution in [3.63, 3.8) is 0 Å². The largest absolute Gasteiger partial charge is 0.377 e. The van der Waals surface area contributed by atoms with E-state index >= 15 is 0 Å². The fraction of sp³-hybridized carbons (Fsp3) is 0.824. The maximum absolute atomic E-state index is 12.6. The zero-order valence-electron chi connectivity index (χ0n) is 14.2. The van der Waals surface area contributed by atoms with Crippen molar-refractivity contribution in [2.45, 2.75) is 44.9 Å². The number of morpholine rings is 1. The molecule has 1 heterocycles. The van der Waals surface area contributed by atoms with Gasteiger partial charge in [-0.15, -0.1) is 6.58 Å². The summed E-state index contributed by atoms with van der Waals surface area (Å²) in [5.41, 5.74) is 0. The van der Waals surface area contributed by atoms with Crippen LogP contribution in [0.15, 0.2) is 12.7 Å². The van der Waals surface area contributed by atoms with Crippen molar-refractivity contribution in [3.05, 3.63) is 12.7 Å². The van der Waals surface area contributed by atoms with E-state index < -0.39 is 0 Å². The van der Waals surface area contributed by atoms with Gasteiger partial charge in [0.15, 0.2) is 0 Å². The summed E-state index contributed by atoms with van der Waals surface area (Å²) in [7, 11) is 2.00. The van der Waals surface area contributed by atoms with Crippen LogP contribution in [0.4, 0.5) is 0 Å². The maximum atomic E-state index is 12.6. The smallest absolute Gasteiger partial charge is 0.237 e. The van der Waals surface area contributed by atoms with Gasteiger partial charge in [0.1, 0.15) is 0 Å². The van der Waals surface area contributed by atoms with Crippen molar-refractivity contribution in [2.24, 2.45) is 5.92 Å². The average Bonchev–Trinajstić information content (AvgIpc) is 2.89. The first-order chi connectivity index (χ1) is 10.5. The lowest BCUT2D eigenvalue weighted by Crippen LogP contribution is -2.54. The third kappa shape index (κ3) is 4.31. The first kappa shape index (κ1) is 17.4. The molecule has 0 aromatic heterocycles. The van der Waals surface area contributed by atoms with E-state index in [-0.39, 0.29) is 18.1 Å². The molecule has 0 aromatic carbocycles. The van der Waals surface area contributed by atoms with Crippen molar-refractivity contribution >= 4 is 5.91 Å². The molecule has 1 saturated heterocycles. The summed E-state index contributed by atoms with van der Waals surface area (Å²) < 4.78 is 11.5. The van der Waals surface area contributed by atoms with E-state index in [1.54, 1.807) is 6.08 Å². The monoisotopic (exact) mass is 310 g/mol. The molecule has 0 aromatic rings. The minimum atomic E-state index is 0.180. The molecule has 3 atom stereocenters. The van der Waals surface area contributed by atoms with Crippen molar-refractivity contribution < 1.29 is 14.3 Å². The second-order valence-electron chi connectivity index (χ2n) is 6.74. The van der Waals surface area contributed by atoms with E-state index in [2.05, 4.69) is 25.3 Å². The molecule has 0 spiro atoms. The fourth-order valence-electron chi connectivity index (χ4n) is 3.30. The number of nitrogens with zero attached hydrogens (tertiary/aromatic N) is 2. The number of rotatable bonds is 7. The Balaban J connectivity index is 1.90. The lowest BCUT2D eigenvalue weighted by molar-refractivity contribution is -0.145. The summed E-state index contributed by atoms with van der Waals surface area (Å²) in [5, 5.41) is 0. The zero-order valence-corrected chi connectivity index (χ0v) is 14.2. The molecule has 0 radical (unpaired) electrons. The lowest BCUT2D eigenvalue weighted by Gasteiger charge is -2.38. The van der Waals surface area contributed by atoms with E-state index in [9.17, 15) is 4.79 Å². The Bertz CT molecular complexity index is 386.